The summed E-state index contributed by atoms with van der Waals surface area (Å²) in [6.07, 6.45) is 9.05. The summed E-state index contributed by atoms with van der Waals surface area (Å²) < 4.78 is 8.96. The number of hydrogen-bond donors (Lipinski definition) is 2. The quantitative estimate of drug-likeness (QED) is 0.285. The Hall–Kier alpha value is -2.54. The van der Waals surface area contributed by atoms with Crippen molar-refractivity contribution < 1.29 is 4.74 Å². The highest BCUT2D eigenvalue weighted by molar-refractivity contribution is 14.0. The van der Waals surface area contributed by atoms with Crippen LogP contribution in [0.5, 0.6) is 0 Å². The lowest BCUT2D eigenvalue weighted by atomic mass is 10.1. The maximum Gasteiger partial charge on any atom is 0.191 e. The van der Waals surface area contributed by atoms with Gasteiger partial charge in [0.2, 0.25) is 0 Å². The number of rotatable bonds is 6. The van der Waals surface area contributed by atoms with Gasteiger partial charge in [-0.25, -0.2) is 19.6 Å². The first kappa shape index (κ1) is 22.2. The van der Waals surface area contributed by atoms with Crippen molar-refractivity contribution >= 4 is 29.9 Å². The summed E-state index contributed by atoms with van der Waals surface area (Å²) >= 11 is 0. The lowest BCUT2D eigenvalue weighted by Crippen LogP contribution is -2.46. The molecule has 0 aromatic carbocycles. The molecule has 0 spiro atoms. The van der Waals surface area contributed by atoms with Crippen LogP contribution in [-0.2, 0) is 30.9 Å². The van der Waals surface area contributed by atoms with Crippen LogP contribution >= 0.6 is 24.0 Å². The van der Waals surface area contributed by atoms with Crippen molar-refractivity contribution in [1.29, 1.82) is 0 Å². The van der Waals surface area contributed by atoms with Gasteiger partial charge >= 0.3 is 0 Å². The molecule has 0 fully saturated rings. The van der Waals surface area contributed by atoms with E-state index < -0.39 is 0 Å². The average molecular weight is 523 g/mol. The molecule has 3 aromatic heterocycles. The number of pyridine rings is 1. The average Bonchev–Trinajstić information content (AvgIpc) is 3.41. The van der Waals surface area contributed by atoms with E-state index in [2.05, 4.69) is 35.7 Å². The summed E-state index contributed by atoms with van der Waals surface area (Å²) in [5.74, 6) is 3.35. The molecule has 160 valence electrons. The lowest BCUT2D eigenvalue weighted by Gasteiger charge is -2.25. The van der Waals surface area contributed by atoms with E-state index >= 15 is 0 Å². The van der Waals surface area contributed by atoms with Gasteiger partial charge in [0.25, 0.3) is 0 Å². The molecule has 0 bridgehead atoms. The van der Waals surface area contributed by atoms with E-state index in [0.717, 1.165) is 48.4 Å². The number of fused-ring (bicyclic) bond motifs is 1. The highest BCUT2D eigenvalue weighted by Gasteiger charge is 2.22. The van der Waals surface area contributed by atoms with Gasteiger partial charge in [-0.3, -0.25) is 9.56 Å². The van der Waals surface area contributed by atoms with Gasteiger partial charge in [-0.05, 0) is 18.1 Å². The highest BCUT2D eigenvalue weighted by atomic mass is 127. The number of nitrogens with one attached hydrogen (secondary N) is 2. The van der Waals surface area contributed by atoms with Crippen molar-refractivity contribution in [3.8, 4) is 5.82 Å². The van der Waals surface area contributed by atoms with E-state index in [1.165, 1.54) is 0 Å². The SMILES string of the molecule is CN=C(NCc1ccc(-n2ccnc2)nc1)NC1CCc2nc(COC)nn2C1.I. The number of aromatic nitrogens is 6. The fraction of sp³-hybridized carbons (Fsp3) is 0.421. The van der Waals surface area contributed by atoms with Crippen molar-refractivity contribution in [3.63, 3.8) is 0 Å². The molecule has 10 nitrogen and oxygen atoms in total. The van der Waals surface area contributed by atoms with Gasteiger partial charge in [-0.2, -0.15) is 5.10 Å². The molecule has 1 unspecified atom stereocenters. The van der Waals surface area contributed by atoms with E-state index in [9.17, 15) is 0 Å². The van der Waals surface area contributed by atoms with Gasteiger partial charge in [0.1, 0.15) is 24.6 Å². The molecule has 3 aromatic rings. The summed E-state index contributed by atoms with van der Waals surface area (Å²) in [6, 6.07) is 4.26. The predicted octanol–water partition coefficient (Wildman–Crippen LogP) is 1.30. The second-order valence-corrected chi connectivity index (χ2v) is 6.86. The third kappa shape index (κ3) is 5.33. The number of halogens is 1. The molecule has 4 heterocycles. The Labute approximate surface area is 192 Å². The van der Waals surface area contributed by atoms with Crippen molar-refractivity contribution in [2.75, 3.05) is 14.2 Å². The number of ether oxygens (including phenoxy) is 1. The molecule has 0 saturated carbocycles. The standard InChI is InChI=1S/C19H25N9O.HI/c1-20-19(23-10-14-3-5-17(22-9-14)27-8-7-21-13-27)24-15-4-6-18-25-16(12-29-2)26-28(18)11-15;/h3,5,7-9,13,15H,4,6,10-12H2,1-2H3,(H2,20,23,24);1H. The van der Waals surface area contributed by atoms with Crippen LogP contribution in [0.25, 0.3) is 5.82 Å². The normalized spacial score (nSPS) is 15.9. The zero-order valence-corrected chi connectivity index (χ0v) is 19.4. The maximum atomic E-state index is 5.12. The Morgan fingerprint density at radius 1 is 1.37 bits per heavy atom. The van der Waals surface area contributed by atoms with Crippen LogP contribution in [0.15, 0.2) is 42.0 Å². The van der Waals surface area contributed by atoms with Crippen LogP contribution in [-0.4, -0.2) is 55.5 Å². The van der Waals surface area contributed by atoms with E-state index in [1.54, 1.807) is 26.7 Å². The highest BCUT2D eigenvalue weighted by Crippen LogP contribution is 2.13. The maximum absolute atomic E-state index is 5.12. The summed E-state index contributed by atoms with van der Waals surface area (Å²) in [5.41, 5.74) is 1.07. The Morgan fingerprint density at radius 3 is 2.97 bits per heavy atom. The minimum Gasteiger partial charge on any atom is -0.377 e. The molecular formula is C19H26IN9O. The van der Waals surface area contributed by atoms with Crippen LogP contribution in [0.1, 0.15) is 23.6 Å². The Balaban J connectivity index is 0.00000256. The first-order valence-electron chi connectivity index (χ1n) is 9.57. The number of methoxy groups -OCH3 is 1. The number of hydrogen-bond acceptors (Lipinski definition) is 6. The predicted molar refractivity (Wildman–Crippen MR) is 123 cm³/mol. The summed E-state index contributed by atoms with van der Waals surface area (Å²) in [6.45, 7) is 1.83. The lowest BCUT2D eigenvalue weighted by molar-refractivity contribution is 0.177. The molecule has 11 heteroatoms. The van der Waals surface area contributed by atoms with E-state index in [-0.39, 0.29) is 30.0 Å². The van der Waals surface area contributed by atoms with E-state index in [4.69, 9.17) is 4.74 Å². The second-order valence-electron chi connectivity index (χ2n) is 6.86. The summed E-state index contributed by atoms with van der Waals surface area (Å²) in [4.78, 5) is 17.4. The van der Waals surface area contributed by atoms with E-state index in [0.29, 0.717) is 13.2 Å². The Kier molecular flexibility index (Phi) is 7.74. The molecule has 1 atom stereocenters. The fourth-order valence-electron chi connectivity index (χ4n) is 3.31. The number of nitrogens with zero attached hydrogens (tertiary/aromatic N) is 7. The largest absolute Gasteiger partial charge is 0.377 e. The van der Waals surface area contributed by atoms with Crippen molar-refractivity contribution in [2.45, 2.75) is 38.6 Å². The number of aryl methyl sites for hydroxylation is 1. The van der Waals surface area contributed by atoms with Gasteiger partial charge in [-0.1, -0.05) is 6.07 Å². The first-order valence-corrected chi connectivity index (χ1v) is 9.57. The molecule has 30 heavy (non-hydrogen) atoms. The van der Waals surface area contributed by atoms with E-state index in [1.807, 2.05) is 33.8 Å². The summed E-state index contributed by atoms with van der Waals surface area (Å²) in [5, 5.41) is 11.3. The third-order valence-corrected chi connectivity index (χ3v) is 4.78. The van der Waals surface area contributed by atoms with Gasteiger partial charge < -0.3 is 15.4 Å². The molecule has 4 rings (SSSR count). The van der Waals surface area contributed by atoms with Crippen molar-refractivity contribution in [3.05, 3.63) is 54.3 Å². The van der Waals surface area contributed by atoms with Crippen LogP contribution in [0.4, 0.5) is 0 Å². The minimum atomic E-state index is 0. The third-order valence-electron chi connectivity index (χ3n) is 4.78. The van der Waals surface area contributed by atoms with Gasteiger partial charge in [-0.15, -0.1) is 24.0 Å². The Morgan fingerprint density at radius 2 is 2.27 bits per heavy atom. The molecule has 1 aliphatic rings. The summed E-state index contributed by atoms with van der Waals surface area (Å²) in [7, 11) is 3.43. The fourth-order valence-corrected chi connectivity index (χ4v) is 3.31. The number of imidazole rings is 1. The number of aliphatic imine (C=N–C) groups is 1. The zero-order valence-electron chi connectivity index (χ0n) is 17.0. The number of guanidine groups is 1. The van der Waals surface area contributed by atoms with Crippen molar-refractivity contribution in [1.82, 2.24) is 39.9 Å². The molecular weight excluding hydrogens is 497 g/mol. The van der Waals surface area contributed by atoms with Gasteiger partial charge in [0.15, 0.2) is 11.8 Å². The molecule has 0 radical (unpaired) electrons. The second kappa shape index (κ2) is 10.5. The molecule has 0 aliphatic carbocycles. The molecule has 2 N–H and O–H groups in total. The van der Waals surface area contributed by atoms with Gasteiger partial charge in [0, 0.05) is 51.8 Å². The van der Waals surface area contributed by atoms with Crippen LogP contribution in [0.2, 0.25) is 0 Å². The van der Waals surface area contributed by atoms with Crippen LogP contribution in [0.3, 0.4) is 0 Å². The molecule has 0 saturated heterocycles. The Bertz CT molecular complexity index is 953. The topological polar surface area (TPSA) is 107 Å². The molecule has 0 amide bonds. The monoisotopic (exact) mass is 523 g/mol. The van der Waals surface area contributed by atoms with Gasteiger partial charge in [0.05, 0.1) is 6.54 Å². The smallest absolute Gasteiger partial charge is 0.191 e. The van der Waals surface area contributed by atoms with Crippen molar-refractivity contribution in [2.24, 2.45) is 4.99 Å². The minimum absolute atomic E-state index is 0. The van der Waals surface area contributed by atoms with Crippen LogP contribution in [0, 0.1) is 0 Å². The first-order chi connectivity index (χ1) is 14.2. The zero-order chi connectivity index (χ0) is 20.1. The van der Waals surface area contributed by atoms with Crippen LogP contribution < -0.4 is 10.6 Å². The molecule has 1 aliphatic heterocycles.